The summed E-state index contributed by atoms with van der Waals surface area (Å²) < 4.78 is 4.89. The highest BCUT2D eigenvalue weighted by Crippen LogP contribution is 2.11. The molecule has 1 aliphatic heterocycles. The van der Waals surface area contributed by atoms with E-state index in [0.29, 0.717) is 11.8 Å². The second-order valence-electron chi connectivity index (χ2n) is 3.75. The Balaban J connectivity index is 2.05. The predicted molar refractivity (Wildman–Crippen MR) is 58.8 cm³/mol. The van der Waals surface area contributed by atoms with E-state index in [1.165, 1.54) is 24.3 Å². The molecule has 6 nitrogen and oxygen atoms in total. The van der Waals surface area contributed by atoms with Gasteiger partial charge in [0, 0.05) is 5.56 Å². The molecular weight excluding hydrogens is 238 g/mol. The van der Waals surface area contributed by atoms with Gasteiger partial charge in [-0.3, -0.25) is 19.7 Å². The average Bonchev–Trinajstić information content (AvgIpc) is 2.68. The Morgan fingerprint density at radius 2 is 1.94 bits per heavy atom. The van der Waals surface area contributed by atoms with Gasteiger partial charge < -0.3 is 4.74 Å². The third kappa shape index (κ3) is 2.42. The fourth-order valence-electron chi connectivity index (χ4n) is 1.52. The lowest BCUT2D eigenvalue weighted by Gasteiger charge is -2.08. The molecule has 1 aromatic carbocycles. The van der Waals surface area contributed by atoms with Crippen molar-refractivity contribution in [2.75, 3.05) is 0 Å². The second kappa shape index (κ2) is 4.79. The van der Waals surface area contributed by atoms with E-state index in [9.17, 15) is 19.2 Å². The van der Waals surface area contributed by atoms with Crippen LogP contribution in [-0.2, 0) is 14.3 Å². The molecule has 0 spiro atoms. The number of carbonyl (C=O) groups is 4. The Labute approximate surface area is 102 Å². The molecule has 1 unspecified atom stereocenters. The van der Waals surface area contributed by atoms with Crippen molar-refractivity contribution < 1.29 is 23.9 Å². The largest absolute Gasteiger partial charge is 0.448 e. The summed E-state index contributed by atoms with van der Waals surface area (Å²) in [5.74, 6) is -1.78. The Morgan fingerprint density at radius 1 is 1.28 bits per heavy atom. The van der Waals surface area contributed by atoms with Crippen molar-refractivity contribution >= 4 is 24.1 Å². The summed E-state index contributed by atoms with van der Waals surface area (Å²) in [7, 11) is 0. The van der Waals surface area contributed by atoms with Gasteiger partial charge in [-0.05, 0) is 12.1 Å². The Morgan fingerprint density at radius 3 is 2.44 bits per heavy atom. The van der Waals surface area contributed by atoms with Crippen LogP contribution in [0.3, 0.4) is 0 Å². The number of carbonyl (C=O) groups excluding carboxylic acids is 4. The number of ether oxygens (including phenoxy) is 1. The van der Waals surface area contributed by atoms with E-state index < -0.39 is 23.9 Å². The molecular formula is C12H9NO5. The van der Waals surface area contributed by atoms with Gasteiger partial charge in [0.05, 0.1) is 12.0 Å². The van der Waals surface area contributed by atoms with E-state index in [-0.39, 0.29) is 12.0 Å². The monoisotopic (exact) mass is 247 g/mol. The minimum atomic E-state index is -1.07. The highest BCUT2D eigenvalue weighted by Gasteiger charge is 2.33. The van der Waals surface area contributed by atoms with Gasteiger partial charge >= 0.3 is 5.97 Å². The molecule has 1 fully saturated rings. The molecule has 0 aliphatic carbocycles. The van der Waals surface area contributed by atoms with Crippen molar-refractivity contribution in [1.29, 1.82) is 0 Å². The van der Waals surface area contributed by atoms with E-state index >= 15 is 0 Å². The van der Waals surface area contributed by atoms with E-state index in [4.69, 9.17) is 4.74 Å². The number of hydrogen-bond donors (Lipinski definition) is 1. The van der Waals surface area contributed by atoms with Gasteiger partial charge in [-0.25, -0.2) is 4.79 Å². The van der Waals surface area contributed by atoms with Crippen molar-refractivity contribution in [2.24, 2.45) is 0 Å². The summed E-state index contributed by atoms with van der Waals surface area (Å²) in [6, 6.07) is 5.76. The van der Waals surface area contributed by atoms with Gasteiger partial charge in [0.25, 0.3) is 5.91 Å². The summed E-state index contributed by atoms with van der Waals surface area (Å²) in [5.41, 5.74) is 0.646. The zero-order valence-corrected chi connectivity index (χ0v) is 9.21. The molecule has 2 rings (SSSR count). The first kappa shape index (κ1) is 12.0. The molecule has 18 heavy (non-hydrogen) atoms. The standard InChI is InChI=1S/C12H9NO5/c14-6-7-1-3-8(4-2-7)12(17)18-9-5-10(15)13-11(9)16/h1-4,6,9H,5H2,(H,13,15,16). The second-order valence-corrected chi connectivity index (χ2v) is 3.75. The molecule has 1 N–H and O–H groups in total. The third-order valence-electron chi connectivity index (χ3n) is 2.46. The van der Waals surface area contributed by atoms with Crippen molar-refractivity contribution in [2.45, 2.75) is 12.5 Å². The van der Waals surface area contributed by atoms with Crippen LogP contribution < -0.4 is 5.32 Å². The van der Waals surface area contributed by atoms with E-state index in [1.54, 1.807) is 0 Å². The molecule has 2 amide bonds. The fourth-order valence-corrected chi connectivity index (χ4v) is 1.52. The lowest BCUT2D eigenvalue weighted by molar-refractivity contribution is -0.128. The normalized spacial score (nSPS) is 18.3. The van der Waals surface area contributed by atoms with Gasteiger partial charge in [-0.2, -0.15) is 0 Å². The number of benzene rings is 1. The zero-order valence-electron chi connectivity index (χ0n) is 9.21. The van der Waals surface area contributed by atoms with Gasteiger partial charge in [-0.15, -0.1) is 0 Å². The molecule has 0 saturated carbocycles. The van der Waals surface area contributed by atoms with Crippen LogP contribution in [0.2, 0.25) is 0 Å². The van der Waals surface area contributed by atoms with Crippen LogP contribution in [0.5, 0.6) is 0 Å². The van der Waals surface area contributed by atoms with Gasteiger partial charge in [0.15, 0.2) is 6.10 Å². The molecule has 0 aromatic heterocycles. The molecule has 0 bridgehead atoms. The Bertz CT molecular complexity index is 520. The maximum absolute atomic E-state index is 11.7. The zero-order chi connectivity index (χ0) is 13.1. The molecule has 1 aromatic rings. The molecule has 92 valence electrons. The number of aldehydes is 1. The number of rotatable bonds is 3. The summed E-state index contributed by atoms with van der Waals surface area (Å²) in [4.78, 5) is 44.2. The summed E-state index contributed by atoms with van der Waals surface area (Å²) in [6.07, 6.45) is -0.578. The molecule has 6 heteroatoms. The van der Waals surface area contributed by atoms with Crippen molar-refractivity contribution in [3.63, 3.8) is 0 Å². The first-order valence-electron chi connectivity index (χ1n) is 5.20. The number of imide groups is 1. The van der Waals surface area contributed by atoms with Crippen LogP contribution >= 0.6 is 0 Å². The predicted octanol–water partition coefficient (Wildman–Crippen LogP) is 0.0710. The van der Waals surface area contributed by atoms with Crippen LogP contribution in [0.4, 0.5) is 0 Å². The maximum Gasteiger partial charge on any atom is 0.338 e. The highest BCUT2D eigenvalue weighted by atomic mass is 16.5. The van der Waals surface area contributed by atoms with Crippen LogP contribution in [0.1, 0.15) is 27.1 Å². The smallest absolute Gasteiger partial charge is 0.338 e. The first-order chi connectivity index (χ1) is 8.60. The topological polar surface area (TPSA) is 89.5 Å². The molecule has 1 atom stereocenters. The van der Waals surface area contributed by atoms with Gasteiger partial charge in [0.1, 0.15) is 6.29 Å². The number of amides is 2. The fraction of sp³-hybridized carbons (Fsp3) is 0.167. The SMILES string of the molecule is O=Cc1ccc(C(=O)OC2CC(=O)NC2=O)cc1. The van der Waals surface area contributed by atoms with E-state index in [2.05, 4.69) is 0 Å². The summed E-state index contributed by atoms with van der Waals surface area (Å²) in [5, 5.41) is 2.04. The van der Waals surface area contributed by atoms with Crippen LogP contribution in [0.25, 0.3) is 0 Å². The first-order valence-corrected chi connectivity index (χ1v) is 5.20. The third-order valence-corrected chi connectivity index (χ3v) is 2.46. The Kier molecular flexibility index (Phi) is 3.18. The molecule has 0 radical (unpaired) electrons. The minimum Gasteiger partial charge on any atom is -0.448 e. The number of nitrogens with one attached hydrogen (secondary N) is 1. The van der Waals surface area contributed by atoms with Crippen molar-refractivity contribution in [3.8, 4) is 0 Å². The van der Waals surface area contributed by atoms with Gasteiger partial charge in [-0.1, -0.05) is 12.1 Å². The molecule has 1 aliphatic rings. The minimum absolute atomic E-state index is 0.156. The lowest BCUT2D eigenvalue weighted by Crippen LogP contribution is -2.28. The highest BCUT2D eigenvalue weighted by molar-refractivity contribution is 6.06. The van der Waals surface area contributed by atoms with Crippen LogP contribution in [-0.4, -0.2) is 30.2 Å². The number of esters is 1. The van der Waals surface area contributed by atoms with Crippen molar-refractivity contribution in [1.82, 2.24) is 5.32 Å². The summed E-state index contributed by atoms with van der Waals surface area (Å²) >= 11 is 0. The van der Waals surface area contributed by atoms with E-state index in [0.717, 1.165) is 0 Å². The summed E-state index contributed by atoms with van der Waals surface area (Å²) in [6.45, 7) is 0. The Hall–Kier alpha value is -2.50. The number of hydrogen-bond acceptors (Lipinski definition) is 5. The maximum atomic E-state index is 11.7. The lowest BCUT2D eigenvalue weighted by atomic mass is 10.1. The van der Waals surface area contributed by atoms with E-state index in [1.807, 2.05) is 5.32 Å². The molecule has 1 heterocycles. The van der Waals surface area contributed by atoms with Crippen molar-refractivity contribution in [3.05, 3.63) is 35.4 Å². The van der Waals surface area contributed by atoms with Crippen LogP contribution in [0, 0.1) is 0 Å². The quantitative estimate of drug-likeness (QED) is 0.464. The van der Waals surface area contributed by atoms with Crippen LogP contribution in [0.15, 0.2) is 24.3 Å². The average molecular weight is 247 g/mol. The van der Waals surface area contributed by atoms with Gasteiger partial charge in [0.2, 0.25) is 5.91 Å². The molecule has 1 saturated heterocycles.